The van der Waals surface area contributed by atoms with Crippen LogP contribution in [-0.2, 0) is 9.59 Å². The SMILES string of the molecule is Cc1cc(C)cc(NC(=O)C(=O)N/N=C/c2ccccc2F)c1. The quantitative estimate of drug-likeness (QED) is 0.519. The summed E-state index contributed by atoms with van der Waals surface area (Å²) in [4.78, 5) is 23.4. The van der Waals surface area contributed by atoms with Gasteiger partial charge >= 0.3 is 11.8 Å². The highest BCUT2D eigenvalue weighted by molar-refractivity contribution is 6.39. The van der Waals surface area contributed by atoms with Gasteiger partial charge in [0.05, 0.1) is 6.21 Å². The van der Waals surface area contributed by atoms with E-state index in [1.807, 2.05) is 19.9 Å². The van der Waals surface area contributed by atoms with E-state index < -0.39 is 17.6 Å². The molecule has 2 aromatic rings. The molecule has 2 N–H and O–H groups in total. The number of carbonyl (C=O) groups excluding carboxylic acids is 2. The number of hydrazone groups is 1. The summed E-state index contributed by atoms with van der Waals surface area (Å²) in [5.74, 6) is -2.25. The summed E-state index contributed by atoms with van der Waals surface area (Å²) < 4.78 is 13.4. The molecule has 0 unspecified atom stereocenters. The lowest BCUT2D eigenvalue weighted by Crippen LogP contribution is -2.32. The molecule has 0 fully saturated rings. The Morgan fingerprint density at radius 3 is 2.35 bits per heavy atom. The number of halogens is 1. The number of amides is 2. The van der Waals surface area contributed by atoms with Crippen LogP contribution in [-0.4, -0.2) is 18.0 Å². The zero-order valence-corrected chi connectivity index (χ0v) is 12.8. The second-order valence-electron chi connectivity index (χ2n) is 5.05. The van der Waals surface area contributed by atoms with Gasteiger partial charge in [-0.3, -0.25) is 9.59 Å². The van der Waals surface area contributed by atoms with E-state index in [0.717, 1.165) is 17.3 Å². The van der Waals surface area contributed by atoms with Crippen LogP contribution in [0.25, 0.3) is 0 Å². The number of nitrogens with zero attached hydrogens (tertiary/aromatic N) is 1. The molecular formula is C17H16FN3O2. The number of anilines is 1. The maximum Gasteiger partial charge on any atom is 0.329 e. The molecule has 0 heterocycles. The number of aryl methyl sites for hydroxylation is 2. The Morgan fingerprint density at radius 1 is 1.04 bits per heavy atom. The van der Waals surface area contributed by atoms with Gasteiger partial charge in [-0.05, 0) is 43.2 Å². The fraction of sp³-hybridized carbons (Fsp3) is 0.118. The monoisotopic (exact) mass is 313 g/mol. The van der Waals surface area contributed by atoms with Crippen molar-refractivity contribution < 1.29 is 14.0 Å². The molecule has 2 rings (SSSR count). The van der Waals surface area contributed by atoms with E-state index in [2.05, 4.69) is 15.8 Å². The smallest absolute Gasteiger partial charge is 0.318 e. The maximum atomic E-state index is 13.4. The Bertz CT molecular complexity index is 752. The molecule has 0 bridgehead atoms. The van der Waals surface area contributed by atoms with Gasteiger partial charge in [-0.25, -0.2) is 9.82 Å². The van der Waals surface area contributed by atoms with Gasteiger partial charge in [-0.1, -0.05) is 24.3 Å². The van der Waals surface area contributed by atoms with E-state index in [4.69, 9.17) is 0 Å². The molecule has 118 valence electrons. The van der Waals surface area contributed by atoms with Crippen LogP contribution < -0.4 is 10.7 Å². The highest BCUT2D eigenvalue weighted by atomic mass is 19.1. The van der Waals surface area contributed by atoms with Crippen molar-refractivity contribution in [3.05, 3.63) is 65.0 Å². The predicted octanol–water partition coefficient (Wildman–Crippen LogP) is 2.53. The van der Waals surface area contributed by atoms with Crippen LogP contribution >= 0.6 is 0 Å². The summed E-state index contributed by atoms with van der Waals surface area (Å²) in [5, 5.41) is 6.06. The Balaban J connectivity index is 1.95. The van der Waals surface area contributed by atoms with Gasteiger partial charge in [0.1, 0.15) is 5.82 Å². The van der Waals surface area contributed by atoms with E-state index in [1.54, 1.807) is 24.3 Å². The minimum absolute atomic E-state index is 0.211. The topological polar surface area (TPSA) is 70.6 Å². The van der Waals surface area contributed by atoms with Gasteiger partial charge < -0.3 is 5.32 Å². The summed E-state index contributed by atoms with van der Waals surface area (Å²) >= 11 is 0. The maximum absolute atomic E-state index is 13.4. The molecule has 0 aliphatic carbocycles. The van der Waals surface area contributed by atoms with Crippen LogP contribution in [0.4, 0.5) is 10.1 Å². The van der Waals surface area contributed by atoms with Crippen molar-refractivity contribution in [2.45, 2.75) is 13.8 Å². The predicted molar refractivity (Wildman–Crippen MR) is 86.7 cm³/mol. The van der Waals surface area contributed by atoms with Crippen LogP contribution in [0.3, 0.4) is 0 Å². The zero-order valence-electron chi connectivity index (χ0n) is 12.8. The fourth-order valence-corrected chi connectivity index (χ4v) is 2.03. The molecule has 2 aromatic carbocycles. The number of nitrogens with one attached hydrogen (secondary N) is 2. The van der Waals surface area contributed by atoms with Crippen LogP contribution in [0.5, 0.6) is 0 Å². The van der Waals surface area contributed by atoms with Crippen molar-refractivity contribution in [2.24, 2.45) is 5.10 Å². The van der Waals surface area contributed by atoms with Gasteiger partial charge in [-0.2, -0.15) is 5.10 Å². The largest absolute Gasteiger partial charge is 0.329 e. The average molecular weight is 313 g/mol. The van der Waals surface area contributed by atoms with Gasteiger partial charge in [0, 0.05) is 11.3 Å². The highest BCUT2D eigenvalue weighted by Crippen LogP contribution is 2.13. The second kappa shape index (κ2) is 7.31. The first-order chi connectivity index (χ1) is 11.0. The van der Waals surface area contributed by atoms with Crippen molar-refractivity contribution >= 4 is 23.7 Å². The van der Waals surface area contributed by atoms with Gasteiger partial charge in [0.25, 0.3) is 0 Å². The standard InChI is InChI=1S/C17H16FN3O2/c1-11-7-12(2)9-14(8-11)20-16(22)17(23)21-19-10-13-5-3-4-6-15(13)18/h3-10H,1-2H3,(H,20,22)(H,21,23)/b19-10+. The normalized spacial score (nSPS) is 10.6. The number of hydrogen-bond donors (Lipinski definition) is 2. The van der Waals surface area contributed by atoms with Crippen LogP contribution in [0.15, 0.2) is 47.6 Å². The summed E-state index contributed by atoms with van der Waals surface area (Å²) in [6.07, 6.45) is 1.14. The second-order valence-corrected chi connectivity index (χ2v) is 5.05. The minimum Gasteiger partial charge on any atom is -0.318 e. The van der Waals surface area contributed by atoms with Crippen LogP contribution in [0.1, 0.15) is 16.7 Å². The number of benzene rings is 2. The zero-order chi connectivity index (χ0) is 16.8. The molecule has 0 atom stereocenters. The fourth-order valence-electron chi connectivity index (χ4n) is 2.03. The third-order valence-corrected chi connectivity index (χ3v) is 2.96. The Kier molecular flexibility index (Phi) is 5.19. The van der Waals surface area contributed by atoms with E-state index >= 15 is 0 Å². The van der Waals surface area contributed by atoms with Gasteiger partial charge in [0.2, 0.25) is 0 Å². The number of rotatable bonds is 3. The lowest BCUT2D eigenvalue weighted by atomic mass is 10.1. The first kappa shape index (κ1) is 16.4. The van der Waals surface area contributed by atoms with Crippen molar-refractivity contribution in [3.8, 4) is 0 Å². The third kappa shape index (κ3) is 4.74. The van der Waals surface area contributed by atoms with E-state index in [0.29, 0.717) is 5.69 Å². The first-order valence-electron chi connectivity index (χ1n) is 6.93. The Labute approximate surface area is 133 Å². The van der Waals surface area contributed by atoms with Gasteiger partial charge in [0.15, 0.2) is 0 Å². The average Bonchev–Trinajstić information content (AvgIpc) is 2.48. The molecule has 0 saturated carbocycles. The molecule has 23 heavy (non-hydrogen) atoms. The third-order valence-electron chi connectivity index (χ3n) is 2.96. The van der Waals surface area contributed by atoms with Crippen molar-refractivity contribution in [3.63, 3.8) is 0 Å². The Morgan fingerprint density at radius 2 is 1.70 bits per heavy atom. The molecule has 2 amide bonds. The highest BCUT2D eigenvalue weighted by Gasteiger charge is 2.13. The number of hydrogen-bond acceptors (Lipinski definition) is 3. The molecular weight excluding hydrogens is 297 g/mol. The molecule has 0 spiro atoms. The molecule has 0 aromatic heterocycles. The summed E-state index contributed by atoms with van der Waals surface area (Å²) in [6.45, 7) is 3.78. The van der Waals surface area contributed by atoms with Crippen molar-refractivity contribution in [1.29, 1.82) is 0 Å². The number of carbonyl (C=O) groups is 2. The van der Waals surface area contributed by atoms with Gasteiger partial charge in [-0.15, -0.1) is 0 Å². The molecule has 0 radical (unpaired) electrons. The minimum atomic E-state index is -0.934. The van der Waals surface area contributed by atoms with E-state index in [-0.39, 0.29) is 5.56 Å². The molecule has 0 aliphatic rings. The first-order valence-corrected chi connectivity index (χ1v) is 6.93. The van der Waals surface area contributed by atoms with Crippen molar-refractivity contribution in [2.75, 3.05) is 5.32 Å². The molecule has 5 nitrogen and oxygen atoms in total. The summed E-state index contributed by atoms with van der Waals surface area (Å²) in [7, 11) is 0. The molecule has 6 heteroatoms. The van der Waals surface area contributed by atoms with E-state index in [1.165, 1.54) is 12.1 Å². The molecule has 0 saturated heterocycles. The lowest BCUT2D eigenvalue weighted by molar-refractivity contribution is -0.136. The summed E-state index contributed by atoms with van der Waals surface area (Å²) in [6, 6.07) is 11.4. The Hall–Kier alpha value is -3.02. The molecule has 0 aliphatic heterocycles. The van der Waals surface area contributed by atoms with Crippen molar-refractivity contribution in [1.82, 2.24) is 5.43 Å². The summed E-state index contributed by atoms with van der Waals surface area (Å²) in [5.41, 5.74) is 4.74. The lowest BCUT2D eigenvalue weighted by Gasteiger charge is -2.06. The van der Waals surface area contributed by atoms with Crippen LogP contribution in [0.2, 0.25) is 0 Å². The van der Waals surface area contributed by atoms with Crippen LogP contribution in [0, 0.1) is 19.7 Å². The van der Waals surface area contributed by atoms with E-state index in [9.17, 15) is 14.0 Å².